The summed E-state index contributed by atoms with van der Waals surface area (Å²) >= 11 is 0. The van der Waals surface area contributed by atoms with Crippen molar-refractivity contribution in [1.29, 1.82) is 0 Å². The summed E-state index contributed by atoms with van der Waals surface area (Å²) in [5, 5.41) is 5.83. The van der Waals surface area contributed by atoms with E-state index in [1.54, 1.807) is 24.3 Å². The van der Waals surface area contributed by atoms with Crippen molar-refractivity contribution in [1.82, 2.24) is 10.6 Å². The number of nitrogens with zero attached hydrogens (tertiary/aromatic N) is 1. The van der Waals surface area contributed by atoms with Gasteiger partial charge in [-0.05, 0) is 30.3 Å². The average Bonchev–Trinajstić information content (AvgIpc) is 2.71. The van der Waals surface area contributed by atoms with Gasteiger partial charge in [-0.3, -0.25) is 4.99 Å². The Morgan fingerprint density at radius 3 is 2.43 bits per heavy atom. The quantitative estimate of drug-likeness (QED) is 0.281. The largest absolute Gasteiger partial charge is 0.497 e. The van der Waals surface area contributed by atoms with Gasteiger partial charge in [-0.15, -0.1) is 24.0 Å². The van der Waals surface area contributed by atoms with Gasteiger partial charge in [-0.1, -0.05) is 18.2 Å². The number of halogens is 3. The number of methoxy groups -OCH3 is 1. The van der Waals surface area contributed by atoms with Gasteiger partial charge >= 0.3 is 6.61 Å². The summed E-state index contributed by atoms with van der Waals surface area (Å²) in [5.41, 5.74) is 0.435. The van der Waals surface area contributed by atoms with Gasteiger partial charge in [-0.25, -0.2) is 8.42 Å². The highest BCUT2D eigenvalue weighted by molar-refractivity contribution is 14.0. The van der Waals surface area contributed by atoms with Crippen LogP contribution in [0.15, 0.2) is 58.4 Å². The molecule has 0 radical (unpaired) electrons. The summed E-state index contributed by atoms with van der Waals surface area (Å²) in [6.45, 7) is -2.72. The number of nitrogens with one attached hydrogen (secondary N) is 2. The van der Waals surface area contributed by atoms with Crippen LogP contribution in [0.25, 0.3) is 0 Å². The maximum Gasteiger partial charge on any atom is 0.387 e. The smallest absolute Gasteiger partial charge is 0.387 e. The van der Waals surface area contributed by atoms with Gasteiger partial charge in [0.25, 0.3) is 0 Å². The number of guanidine groups is 1. The number of sulfone groups is 1. The van der Waals surface area contributed by atoms with E-state index in [0.29, 0.717) is 17.3 Å². The third-order valence-corrected chi connectivity index (χ3v) is 5.65. The molecule has 2 rings (SSSR count). The second kappa shape index (κ2) is 12.5. The molecule has 30 heavy (non-hydrogen) atoms. The molecule has 2 aromatic rings. The monoisotopic (exact) mass is 555 g/mol. The number of hydrogen-bond donors (Lipinski definition) is 2. The molecule has 0 spiro atoms. The van der Waals surface area contributed by atoms with E-state index < -0.39 is 16.4 Å². The molecular formula is C19H24F2IN3O4S. The molecular weight excluding hydrogens is 531 g/mol. The Bertz CT molecular complexity index is 929. The first-order valence-electron chi connectivity index (χ1n) is 8.69. The number of aliphatic imine (C=N–C) groups is 1. The number of benzene rings is 2. The lowest BCUT2D eigenvalue weighted by atomic mass is 10.2. The maximum atomic E-state index is 12.6. The molecule has 0 atom stereocenters. The summed E-state index contributed by atoms with van der Waals surface area (Å²) in [6.07, 6.45) is 0. The van der Waals surface area contributed by atoms with Gasteiger partial charge in [0.05, 0.1) is 17.8 Å². The highest BCUT2D eigenvalue weighted by Gasteiger charge is 2.14. The minimum Gasteiger partial charge on any atom is -0.497 e. The fourth-order valence-electron chi connectivity index (χ4n) is 2.48. The van der Waals surface area contributed by atoms with Gasteiger partial charge < -0.3 is 20.1 Å². The van der Waals surface area contributed by atoms with Crippen molar-refractivity contribution in [3.05, 3.63) is 54.1 Å². The molecule has 0 aromatic heterocycles. The molecule has 0 unspecified atom stereocenters. The molecule has 0 aliphatic rings. The Morgan fingerprint density at radius 1 is 1.13 bits per heavy atom. The Morgan fingerprint density at radius 2 is 1.83 bits per heavy atom. The van der Waals surface area contributed by atoms with Crippen LogP contribution in [0.2, 0.25) is 0 Å². The zero-order valence-electron chi connectivity index (χ0n) is 16.5. The van der Waals surface area contributed by atoms with Gasteiger partial charge in [0.1, 0.15) is 11.5 Å². The van der Waals surface area contributed by atoms with Crippen LogP contribution in [0, 0.1) is 0 Å². The fraction of sp³-hybridized carbons (Fsp3) is 0.316. The van der Waals surface area contributed by atoms with E-state index in [4.69, 9.17) is 4.74 Å². The molecule has 0 aliphatic heterocycles. The van der Waals surface area contributed by atoms with Crippen molar-refractivity contribution >= 4 is 39.8 Å². The van der Waals surface area contributed by atoms with Gasteiger partial charge in [0, 0.05) is 25.7 Å². The van der Waals surface area contributed by atoms with Crippen LogP contribution in [-0.2, 0) is 16.4 Å². The first kappa shape index (κ1) is 25.9. The summed E-state index contributed by atoms with van der Waals surface area (Å²) in [4.78, 5) is 4.25. The summed E-state index contributed by atoms with van der Waals surface area (Å²) in [6, 6.07) is 12.6. The molecule has 7 nitrogen and oxygen atoms in total. The zero-order valence-corrected chi connectivity index (χ0v) is 19.6. The molecule has 2 N–H and O–H groups in total. The van der Waals surface area contributed by atoms with E-state index in [9.17, 15) is 17.2 Å². The van der Waals surface area contributed by atoms with Gasteiger partial charge in [0.15, 0.2) is 15.8 Å². The van der Waals surface area contributed by atoms with E-state index in [2.05, 4.69) is 20.4 Å². The van der Waals surface area contributed by atoms with Crippen molar-refractivity contribution in [3.8, 4) is 11.5 Å². The number of rotatable bonds is 9. The Labute approximate surface area is 191 Å². The molecule has 0 amide bonds. The predicted molar refractivity (Wildman–Crippen MR) is 122 cm³/mol. The van der Waals surface area contributed by atoms with Crippen molar-refractivity contribution in [2.24, 2.45) is 4.99 Å². The topological polar surface area (TPSA) is 89.0 Å². The highest BCUT2D eigenvalue weighted by atomic mass is 127. The second-order valence-corrected chi connectivity index (χ2v) is 7.95. The van der Waals surface area contributed by atoms with Gasteiger partial charge in [0.2, 0.25) is 0 Å². The normalized spacial score (nSPS) is 11.6. The zero-order chi connectivity index (χ0) is 21.3. The Kier molecular flexibility index (Phi) is 10.8. The lowest BCUT2D eigenvalue weighted by Gasteiger charge is -2.15. The van der Waals surface area contributed by atoms with Crippen molar-refractivity contribution in [2.45, 2.75) is 18.1 Å². The lowest BCUT2D eigenvalue weighted by Crippen LogP contribution is -2.39. The molecule has 0 heterocycles. The van der Waals surface area contributed by atoms with E-state index in [0.717, 1.165) is 0 Å². The minimum absolute atomic E-state index is 0. The van der Waals surface area contributed by atoms with Gasteiger partial charge in [-0.2, -0.15) is 8.78 Å². The van der Waals surface area contributed by atoms with E-state index in [-0.39, 0.29) is 53.5 Å². The van der Waals surface area contributed by atoms with Crippen molar-refractivity contribution in [2.75, 3.05) is 26.5 Å². The van der Waals surface area contributed by atoms with Crippen LogP contribution < -0.4 is 20.1 Å². The van der Waals surface area contributed by atoms with Crippen LogP contribution in [0.4, 0.5) is 8.78 Å². The summed E-state index contributed by atoms with van der Waals surface area (Å²) in [7, 11) is -0.442. The van der Waals surface area contributed by atoms with Crippen LogP contribution in [0.5, 0.6) is 11.5 Å². The molecule has 11 heteroatoms. The minimum atomic E-state index is -3.43. The van der Waals surface area contributed by atoms with Crippen molar-refractivity contribution < 1.29 is 26.7 Å². The molecule has 0 bridgehead atoms. The maximum absolute atomic E-state index is 12.6. The van der Waals surface area contributed by atoms with Crippen LogP contribution >= 0.6 is 24.0 Å². The fourth-order valence-corrected chi connectivity index (χ4v) is 3.66. The number of ether oxygens (including phenoxy) is 2. The average molecular weight is 555 g/mol. The standard InChI is InChI=1S/C19H23F2N3O4S.HI/c1-22-19(23-10-11-29(25,26)16-6-4-3-5-7-16)24-13-14-12-15(27-2)8-9-17(14)28-18(20)21;/h3-9,12,18H,10-11,13H2,1-2H3,(H2,22,23,24);1H. The number of hydrogen-bond acceptors (Lipinski definition) is 5. The van der Waals surface area contributed by atoms with E-state index in [1.807, 2.05) is 0 Å². The molecule has 0 saturated carbocycles. The molecule has 166 valence electrons. The molecule has 0 saturated heterocycles. The molecule has 0 fully saturated rings. The third-order valence-electron chi connectivity index (χ3n) is 3.92. The predicted octanol–water partition coefficient (Wildman–Crippen LogP) is 3.05. The van der Waals surface area contributed by atoms with E-state index in [1.165, 1.54) is 38.4 Å². The first-order valence-corrected chi connectivity index (χ1v) is 10.3. The van der Waals surface area contributed by atoms with Crippen LogP contribution in [0.3, 0.4) is 0 Å². The Hall–Kier alpha value is -2.15. The summed E-state index contributed by atoms with van der Waals surface area (Å²) in [5.74, 6) is 0.686. The van der Waals surface area contributed by atoms with E-state index >= 15 is 0 Å². The third kappa shape index (κ3) is 7.94. The highest BCUT2D eigenvalue weighted by Crippen LogP contribution is 2.25. The second-order valence-electron chi connectivity index (χ2n) is 5.84. The van der Waals surface area contributed by atoms with Crippen LogP contribution in [-0.4, -0.2) is 47.4 Å². The van der Waals surface area contributed by atoms with Crippen molar-refractivity contribution in [3.63, 3.8) is 0 Å². The summed E-state index contributed by atoms with van der Waals surface area (Å²) < 4.78 is 59.4. The lowest BCUT2D eigenvalue weighted by molar-refractivity contribution is -0.0505. The number of alkyl halides is 2. The molecule has 2 aromatic carbocycles. The SMILES string of the molecule is CN=C(NCCS(=O)(=O)c1ccccc1)NCc1cc(OC)ccc1OC(F)F.I. The van der Waals surface area contributed by atoms with Crippen LogP contribution in [0.1, 0.15) is 5.56 Å². The Balaban J connectivity index is 0.00000450. The first-order chi connectivity index (χ1) is 13.9. The molecule has 0 aliphatic carbocycles.